The number of aromatic nitrogens is 1. The highest BCUT2D eigenvalue weighted by Crippen LogP contribution is 2.27. The molecule has 1 aliphatic rings. The lowest BCUT2D eigenvalue weighted by molar-refractivity contribution is -0.119. The third-order valence-corrected chi connectivity index (χ3v) is 3.96. The first-order valence-electron chi connectivity index (χ1n) is 6.08. The fraction of sp³-hybridized carbons (Fsp3) is 0.667. The van der Waals surface area contributed by atoms with Crippen molar-refractivity contribution in [1.29, 1.82) is 0 Å². The van der Waals surface area contributed by atoms with Gasteiger partial charge in [-0.1, -0.05) is 13.8 Å². The minimum Gasteiger partial charge on any atom is -0.328 e. The Labute approximate surface area is 118 Å². The highest BCUT2D eigenvalue weighted by atomic mass is 35.5. The van der Waals surface area contributed by atoms with E-state index in [9.17, 15) is 4.79 Å². The van der Waals surface area contributed by atoms with Crippen LogP contribution in [0, 0.1) is 5.92 Å². The number of halogens is 1. The van der Waals surface area contributed by atoms with Gasteiger partial charge in [0.1, 0.15) is 0 Å². The summed E-state index contributed by atoms with van der Waals surface area (Å²) in [6.45, 7) is 4.19. The second kappa shape index (κ2) is 6.50. The van der Waals surface area contributed by atoms with Gasteiger partial charge in [-0.05, 0) is 25.2 Å². The van der Waals surface area contributed by atoms with Crippen molar-refractivity contribution in [1.82, 2.24) is 4.98 Å². The number of rotatable bonds is 3. The molecule has 2 atom stereocenters. The molecule has 1 fully saturated rings. The highest BCUT2D eigenvalue weighted by molar-refractivity contribution is 7.13. The Morgan fingerprint density at radius 2 is 2.28 bits per heavy atom. The number of amides is 1. The van der Waals surface area contributed by atoms with Gasteiger partial charge in [-0.3, -0.25) is 4.79 Å². The number of carbonyl (C=O) groups excluding carboxylic acids is 1. The number of anilines is 1. The molecule has 1 amide bonds. The van der Waals surface area contributed by atoms with Crippen LogP contribution in [0.1, 0.15) is 44.7 Å². The van der Waals surface area contributed by atoms with Gasteiger partial charge in [-0.15, -0.1) is 23.7 Å². The zero-order chi connectivity index (χ0) is 12.4. The predicted molar refractivity (Wildman–Crippen MR) is 77.4 cm³/mol. The summed E-state index contributed by atoms with van der Waals surface area (Å²) in [5.74, 6) is 0.538. The predicted octanol–water partition coefficient (Wildman–Crippen LogP) is 2.75. The first-order valence-corrected chi connectivity index (χ1v) is 6.96. The van der Waals surface area contributed by atoms with Crippen LogP contribution in [0.25, 0.3) is 0 Å². The molecule has 1 aromatic heterocycles. The van der Waals surface area contributed by atoms with Crippen molar-refractivity contribution >= 4 is 34.8 Å². The maximum atomic E-state index is 11.9. The average molecular weight is 290 g/mol. The van der Waals surface area contributed by atoms with E-state index in [0.29, 0.717) is 11.0 Å². The molecule has 0 radical (unpaired) electrons. The van der Waals surface area contributed by atoms with Gasteiger partial charge >= 0.3 is 0 Å². The molecule has 1 aromatic rings. The fourth-order valence-electron chi connectivity index (χ4n) is 2.07. The lowest BCUT2D eigenvalue weighted by Gasteiger charge is -2.08. The molecular formula is C12H20ClN3OS. The Balaban J connectivity index is 0.00000162. The monoisotopic (exact) mass is 289 g/mol. The van der Waals surface area contributed by atoms with Crippen molar-refractivity contribution < 1.29 is 4.79 Å². The van der Waals surface area contributed by atoms with Gasteiger partial charge in [0, 0.05) is 17.3 Å². The molecule has 0 saturated heterocycles. The lowest BCUT2D eigenvalue weighted by Crippen LogP contribution is -2.23. The van der Waals surface area contributed by atoms with Crippen molar-refractivity contribution in [3.8, 4) is 0 Å². The smallest absolute Gasteiger partial charge is 0.229 e. The Morgan fingerprint density at radius 3 is 2.78 bits per heavy atom. The molecule has 2 unspecified atom stereocenters. The van der Waals surface area contributed by atoms with Crippen molar-refractivity contribution in [3.63, 3.8) is 0 Å². The van der Waals surface area contributed by atoms with E-state index in [1.165, 1.54) is 11.3 Å². The second-order valence-electron chi connectivity index (χ2n) is 4.99. The molecule has 102 valence electrons. The maximum absolute atomic E-state index is 11.9. The summed E-state index contributed by atoms with van der Waals surface area (Å²) in [4.78, 5) is 16.3. The minimum absolute atomic E-state index is 0. The number of hydrogen-bond acceptors (Lipinski definition) is 4. The SMILES string of the molecule is CC(C)c1csc(NC(=O)C2CCC(N)C2)n1.Cl. The maximum Gasteiger partial charge on any atom is 0.229 e. The summed E-state index contributed by atoms with van der Waals surface area (Å²) in [5, 5.41) is 5.60. The second-order valence-corrected chi connectivity index (χ2v) is 5.85. The third-order valence-electron chi connectivity index (χ3n) is 3.19. The van der Waals surface area contributed by atoms with E-state index in [1.54, 1.807) is 0 Å². The van der Waals surface area contributed by atoms with E-state index in [1.807, 2.05) is 5.38 Å². The number of nitrogens with one attached hydrogen (secondary N) is 1. The molecule has 1 heterocycles. The van der Waals surface area contributed by atoms with E-state index >= 15 is 0 Å². The van der Waals surface area contributed by atoms with Crippen LogP contribution in [-0.4, -0.2) is 16.9 Å². The van der Waals surface area contributed by atoms with Crippen molar-refractivity contribution in [2.75, 3.05) is 5.32 Å². The van der Waals surface area contributed by atoms with Crippen molar-refractivity contribution in [2.45, 2.75) is 45.1 Å². The summed E-state index contributed by atoms with van der Waals surface area (Å²) in [6.07, 6.45) is 2.65. The van der Waals surface area contributed by atoms with Crippen LogP contribution in [0.4, 0.5) is 5.13 Å². The summed E-state index contributed by atoms with van der Waals surface area (Å²) < 4.78 is 0. The molecule has 1 saturated carbocycles. The zero-order valence-electron chi connectivity index (χ0n) is 10.7. The highest BCUT2D eigenvalue weighted by Gasteiger charge is 2.28. The van der Waals surface area contributed by atoms with Gasteiger partial charge < -0.3 is 11.1 Å². The average Bonchev–Trinajstić information content (AvgIpc) is 2.86. The fourth-order valence-corrected chi connectivity index (χ4v) is 2.95. The molecular weight excluding hydrogens is 270 g/mol. The number of hydrogen-bond donors (Lipinski definition) is 2. The molecule has 0 spiro atoms. The lowest BCUT2D eigenvalue weighted by atomic mass is 10.1. The van der Waals surface area contributed by atoms with E-state index in [0.717, 1.165) is 25.0 Å². The summed E-state index contributed by atoms with van der Waals surface area (Å²) in [6, 6.07) is 0.188. The zero-order valence-corrected chi connectivity index (χ0v) is 12.3. The van der Waals surface area contributed by atoms with Crippen LogP contribution in [0.15, 0.2) is 5.38 Å². The Bertz CT molecular complexity index is 408. The molecule has 18 heavy (non-hydrogen) atoms. The molecule has 1 aliphatic carbocycles. The quantitative estimate of drug-likeness (QED) is 0.899. The first kappa shape index (κ1) is 15.4. The van der Waals surface area contributed by atoms with Gasteiger partial charge in [0.15, 0.2) is 5.13 Å². The van der Waals surface area contributed by atoms with Crippen LogP contribution < -0.4 is 11.1 Å². The topological polar surface area (TPSA) is 68.0 Å². The number of thiazole rings is 1. The van der Waals surface area contributed by atoms with E-state index in [2.05, 4.69) is 24.1 Å². The Kier molecular flexibility index (Phi) is 5.56. The standard InChI is InChI=1S/C12H19N3OS.ClH/c1-7(2)10-6-17-12(14-10)15-11(16)8-3-4-9(13)5-8;/h6-9H,3-5,13H2,1-2H3,(H,14,15,16);1H. The van der Waals surface area contributed by atoms with Crippen LogP contribution in [0.3, 0.4) is 0 Å². The van der Waals surface area contributed by atoms with Crippen LogP contribution in [0.5, 0.6) is 0 Å². The Hall–Kier alpha value is -0.650. The van der Waals surface area contributed by atoms with Crippen molar-refractivity contribution in [3.05, 3.63) is 11.1 Å². The van der Waals surface area contributed by atoms with Crippen LogP contribution in [0.2, 0.25) is 0 Å². The molecule has 6 heteroatoms. The van der Waals surface area contributed by atoms with Crippen LogP contribution >= 0.6 is 23.7 Å². The largest absolute Gasteiger partial charge is 0.328 e. The molecule has 2 rings (SSSR count). The number of nitrogens with two attached hydrogens (primary N) is 1. The van der Waals surface area contributed by atoms with Gasteiger partial charge in [-0.25, -0.2) is 4.98 Å². The van der Waals surface area contributed by atoms with Gasteiger partial charge in [-0.2, -0.15) is 0 Å². The number of carbonyl (C=O) groups is 1. The van der Waals surface area contributed by atoms with E-state index < -0.39 is 0 Å². The van der Waals surface area contributed by atoms with Crippen molar-refractivity contribution in [2.24, 2.45) is 11.7 Å². The minimum atomic E-state index is 0. The van der Waals surface area contributed by atoms with Gasteiger partial charge in [0.2, 0.25) is 5.91 Å². The third kappa shape index (κ3) is 3.67. The van der Waals surface area contributed by atoms with Gasteiger partial charge in [0.25, 0.3) is 0 Å². The summed E-state index contributed by atoms with van der Waals surface area (Å²) in [5.41, 5.74) is 6.84. The molecule has 0 bridgehead atoms. The molecule has 4 nitrogen and oxygen atoms in total. The number of nitrogens with zero attached hydrogens (tertiary/aromatic N) is 1. The first-order chi connectivity index (χ1) is 8.06. The normalized spacial score (nSPS) is 22.9. The summed E-state index contributed by atoms with van der Waals surface area (Å²) >= 11 is 1.49. The molecule has 0 aliphatic heterocycles. The molecule has 3 N–H and O–H groups in total. The Morgan fingerprint density at radius 1 is 1.56 bits per heavy atom. The van der Waals surface area contributed by atoms with Crippen LogP contribution in [-0.2, 0) is 4.79 Å². The summed E-state index contributed by atoms with van der Waals surface area (Å²) in [7, 11) is 0. The van der Waals surface area contributed by atoms with E-state index in [4.69, 9.17) is 5.73 Å². The molecule has 0 aromatic carbocycles. The van der Waals surface area contributed by atoms with Gasteiger partial charge in [0.05, 0.1) is 5.69 Å². The van der Waals surface area contributed by atoms with E-state index in [-0.39, 0.29) is 30.3 Å².